The van der Waals surface area contributed by atoms with Crippen molar-refractivity contribution in [2.75, 3.05) is 6.54 Å². The van der Waals surface area contributed by atoms with Gasteiger partial charge in [-0.15, -0.1) is 0 Å². The van der Waals surface area contributed by atoms with Gasteiger partial charge in [-0.2, -0.15) is 0 Å². The smallest absolute Gasteiger partial charge is 0.260 e. The molecule has 2 rings (SSSR count). The van der Waals surface area contributed by atoms with Gasteiger partial charge in [0.05, 0.1) is 6.10 Å². The first-order chi connectivity index (χ1) is 12.4. The Morgan fingerprint density at radius 3 is 2.38 bits per heavy atom. The highest BCUT2D eigenvalue weighted by molar-refractivity contribution is 5.80. The van der Waals surface area contributed by atoms with Crippen LogP contribution in [-0.2, 0) is 11.2 Å². The SMILES string of the molecule is Cc1cccc(O[C@H](C)C(=O)NCCCc2cccc(OC(C)C)c2)c1. The van der Waals surface area contributed by atoms with Crippen LogP contribution in [0.2, 0.25) is 0 Å². The molecule has 0 aliphatic rings. The van der Waals surface area contributed by atoms with Crippen LogP contribution in [0.1, 0.15) is 38.3 Å². The van der Waals surface area contributed by atoms with E-state index in [2.05, 4.69) is 17.4 Å². The molecule has 1 atom stereocenters. The minimum Gasteiger partial charge on any atom is -0.491 e. The van der Waals surface area contributed by atoms with E-state index < -0.39 is 6.10 Å². The summed E-state index contributed by atoms with van der Waals surface area (Å²) in [6.45, 7) is 8.42. The maximum Gasteiger partial charge on any atom is 0.260 e. The number of nitrogens with one attached hydrogen (secondary N) is 1. The van der Waals surface area contributed by atoms with E-state index in [1.165, 1.54) is 5.56 Å². The second-order valence-corrected chi connectivity index (χ2v) is 6.79. The molecule has 0 fully saturated rings. The molecule has 0 aromatic heterocycles. The Kier molecular flexibility index (Phi) is 7.52. The number of ether oxygens (including phenoxy) is 2. The number of hydrogen-bond acceptors (Lipinski definition) is 3. The maximum absolute atomic E-state index is 12.2. The van der Waals surface area contributed by atoms with Gasteiger partial charge in [0.2, 0.25) is 0 Å². The summed E-state index contributed by atoms with van der Waals surface area (Å²) in [5.41, 5.74) is 2.32. The Morgan fingerprint density at radius 2 is 1.69 bits per heavy atom. The van der Waals surface area contributed by atoms with Gasteiger partial charge in [0.25, 0.3) is 5.91 Å². The zero-order valence-electron chi connectivity index (χ0n) is 16.1. The van der Waals surface area contributed by atoms with Crippen molar-refractivity contribution in [3.05, 3.63) is 59.7 Å². The van der Waals surface area contributed by atoms with Gasteiger partial charge in [0.1, 0.15) is 11.5 Å². The van der Waals surface area contributed by atoms with E-state index in [1.807, 2.05) is 57.2 Å². The third-order valence-electron chi connectivity index (χ3n) is 3.88. The Balaban J connectivity index is 1.72. The van der Waals surface area contributed by atoms with E-state index in [0.717, 1.165) is 29.9 Å². The number of benzene rings is 2. The highest BCUT2D eigenvalue weighted by Gasteiger charge is 2.13. The summed E-state index contributed by atoms with van der Waals surface area (Å²) < 4.78 is 11.4. The van der Waals surface area contributed by atoms with Gasteiger partial charge in [-0.05, 0) is 75.9 Å². The molecule has 2 aromatic rings. The van der Waals surface area contributed by atoms with Crippen LogP contribution in [-0.4, -0.2) is 24.7 Å². The largest absolute Gasteiger partial charge is 0.491 e. The van der Waals surface area contributed by atoms with E-state index in [9.17, 15) is 4.79 Å². The van der Waals surface area contributed by atoms with Crippen molar-refractivity contribution in [1.29, 1.82) is 0 Å². The fourth-order valence-electron chi connectivity index (χ4n) is 2.64. The summed E-state index contributed by atoms with van der Waals surface area (Å²) in [5.74, 6) is 1.51. The molecule has 140 valence electrons. The summed E-state index contributed by atoms with van der Waals surface area (Å²) in [5, 5.41) is 2.94. The van der Waals surface area contributed by atoms with Crippen molar-refractivity contribution in [3.8, 4) is 11.5 Å². The van der Waals surface area contributed by atoms with Crippen molar-refractivity contribution in [2.24, 2.45) is 0 Å². The minimum absolute atomic E-state index is 0.0941. The minimum atomic E-state index is -0.514. The highest BCUT2D eigenvalue weighted by atomic mass is 16.5. The Hall–Kier alpha value is -2.49. The molecule has 0 spiro atoms. The van der Waals surface area contributed by atoms with Crippen LogP contribution in [0.3, 0.4) is 0 Å². The first-order valence-electron chi connectivity index (χ1n) is 9.20. The van der Waals surface area contributed by atoms with Crippen molar-refractivity contribution in [3.63, 3.8) is 0 Å². The molecular formula is C22H29NO3. The summed E-state index contributed by atoms with van der Waals surface area (Å²) in [7, 11) is 0. The topological polar surface area (TPSA) is 47.6 Å². The Labute approximate surface area is 156 Å². The third-order valence-corrected chi connectivity index (χ3v) is 3.88. The second kappa shape index (κ2) is 9.85. The quantitative estimate of drug-likeness (QED) is 0.682. The number of carbonyl (C=O) groups excluding carboxylic acids is 1. The van der Waals surface area contributed by atoms with Gasteiger partial charge < -0.3 is 14.8 Å². The van der Waals surface area contributed by atoms with E-state index in [4.69, 9.17) is 9.47 Å². The number of rotatable bonds is 9. The average Bonchev–Trinajstić information content (AvgIpc) is 2.58. The third kappa shape index (κ3) is 6.79. The summed E-state index contributed by atoms with van der Waals surface area (Å²) in [6.07, 6.45) is 1.41. The lowest BCUT2D eigenvalue weighted by molar-refractivity contribution is -0.127. The molecule has 0 saturated carbocycles. The van der Waals surface area contributed by atoms with Crippen LogP contribution in [0.15, 0.2) is 48.5 Å². The van der Waals surface area contributed by atoms with E-state index in [0.29, 0.717) is 6.54 Å². The van der Waals surface area contributed by atoms with E-state index in [1.54, 1.807) is 6.92 Å². The number of hydrogen-bond donors (Lipinski definition) is 1. The molecule has 0 radical (unpaired) electrons. The monoisotopic (exact) mass is 355 g/mol. The predicted octanol–water partition coefficient (Wildman–Crippen LogP) is 4.30. The normalized spacial score (nSPS) is 11.9. The molecule has 0 aliphatic carbocycles. The number of carbonyl (C=O) groups is 1. The second-order valence-electron chi connectivity index (χ2n) is 6.79. The Bertz CT molecular complexity index is 712. The van der Waals surface area contributed by atoms with Gasteiger partial charge in [-0.1, -0.05) is 24.3 Å². The zero-order chi connectivity index (χ0) is 18.9. The number of amides is 1. The molecule has 0 bridgehead atoms. The maximum atomic E-state index is 12.2. The molecule has 4 heteroatoms. The lowest BCUT2D eigenvalue weighted by atomic mass is 10.1. The van der Waals surface area contributed by atoms with Crippen LogP contribution >= 0.6 is 0 Å². The van der Waals surface area contributed by atoms with Crippen LogP contribution in [0, 0.1) is 6.92 Å². The number of aryl methyl sites for hydroxylation is 2. The first-order valence-corrected chi connectivity index (χ1v) is 9.20. The predicted molar refractivity (Wildman–Crippen MR) is 105 cm³/mol. The molecule has 26 heavy (non-hydrogen) atoms. The molecule has 0 aliphatic heterocycles. The first kappa shape index (κ1) is 19.8. The van der Waals surface area contributed by atoms with E-state index in [-0.39, 0.29) is 12.0 Å². The lowest BCUT2D eigenvalue weighted by Crippen LogP contribution is -2.36. The van der Waals surface area contributed by atoms with Crippen molar-refractivity contribution >= 4 is 5.91 Å². The van der Waals surface area contributed by atoms with Gasteiger partial charge >= 0.3 is 0 Å². The zero-order valence-corrected chi connectivity index (χ0v) is 16.1. The molecule has 1 amide bonds. The molecular weight excluding hydrogens is 326 g/mol. The molecule has 0 heterocycles. The van der Waals surface area contributed by atoms with Gasteiger partial charge in [-0.3, -0.25) is 4.79 Å². The van der Waals surface area contributed by atoms with Crippen LogP contribution < -0.4 is 14.8 Å². The fourth-order valence-corrected chi connectivity index (χ4v) is 2.64. The molecule has 0 saturated heterocycles. The summed E-state index contributed by atoms with van der Waals surface area (Å²) in [4.78, 5) is 12.2. The average molecular weight is 355 g/mol. The molecule has 0 unspecified atom stereocenters. The van der Waals surface area contributed by atoms with Crippen molar-refractivity contribution in [2.45, 2.75) is 52.7 Å². The summed E-state index contributed by atoms with van der Waals surface area (Å²) >= 11 is 0. The van der Waals surface area contributed by atoms with Crippen molar-refractivity contribution < 1.29 is 14.3 Å². The van der Waals surface area contributed by atoms with Gasteiger partial charge in [-0.25, -0.2) is 0 Å². The molecule has 1 N–H and O–H groups in total. The van der Waals surface area contributed by atoms with Crippen LogP contribution in [0.25, 0.3) is 0 Å². The van der Waals surface area contributed by atoms with Crippen molar-refractivity contribution in [1.82, 2.24) is 5.32 Å². The summed E-state index contributed by atoms with van der Waals surface area (Å²) in [6, 6.07) is 15.8. The van der Waals surface area contributed by atoms with E-state index >= 15 is 0 Å². The van der Waals surface area contributed by atoms with Gasteiger partial charge in [0, 0.05) is 6.54 Å². The molecule has 2 aromatic carbocycles. The van der Waals surface area contributed by atoms with Gasteiger partial charge in [0.15, 0.2) is 6.10 Å². The van der Waals surface area contributed by atoms with Crippen LogP contribution in [0.5, 0.6) is 11.5 Å². The highest BCUT2D eigenvalue weighted by Crippen LogP contribution is 2.16. The molecule has 4 nitrogen and oxygen atoms in total. The fraction of sp³-hybridized carbons (Fsp3) is 0.409. The standard InChI is InChI=1S/C22H29NO3/c1-16(2)25-21-12-6-9-19(15-21)10-7-13-23-22(24)18(4)26-20-11-5-8-17(3)14-20/h5-6,8-9,11-12,14-16,18H,7,10,13H2,1-4H3,(H,23,24)/t18-/m1/s1. The lowest BCUT2D eigenvalue weighted by Gasteiger charge is -2.15. The Morgan fingerprint density at radius 1 is 1.00 bits per heavy atom. The van der Waals surface area contributed by atoms with Crippen LogP contribution in [0.4, 0.5) is 0 Å².